The SMILES string of the molecule is O=c1nc2sc(=Cc3ccc(Cl)cc3Cl)c(=O)n2nc1Cc1ccccc1Cl. The van der Waals surface area contributed by atoms with E-state index in [0.29, 0.717) is 25.2 Å². The molecule has 0 saturated heterocycles. The fourth-order valence-electron chi connectivity index (χ4n) is 2.63. The first kappa shape index (κ1) is 19.1. The van der Waals surface area contributed by atoms with Gasteiger partial charge in [0, 0.05) is 21.5 Å². The Morgan fingerprint density at radius 1 is 1.04 bits per heavy atom. The van der Waals surface area contributed by atoms with Crippen molar-refractivity contribution in [3.8, 4) is 0 Å². The standard InChI is InChI=1S/C19H10Cl3N3O2S/c20-12-6-5-11(14(22)9-12)8-16-18(27)25-19(28-16)23-17(26)15(24-25)7-10-3-1-2-4-13(10)21/h1-6,8-9H,7H2. The van der Waals surface area contributed by atoms with Crippen LogP contribution in [-0.4, -0.2) is 14.6 Å². The summed E-state index contributed by atoms with van der Waals surface area (Å²) in [5.41, 5.74) is 0.652. The molecule has 0 radical (unpaired) electrons. The first-order valence-electron chi connectivity index (χ1n) is 8.05. The molecule has 28 heavy (non-hydrogen) atoms. The maximum Gasteiger partial charge on any atom is 0.296 e. The number of hydrogen-bond acceptors (Lipinski definition) is 5. The maximum absolute atomic E-state index is 12.7. The lowest BCUT2D eigenvalue weighted by Gasteiger charge is -2.02. The molecule has 0 aliphatic rings. The number of rotatable bonds is 3. The van der Waals surface area contributed by atoms with Crippen LogP contribution in [0.2, 0.25) is 15.1 Å². The summed E-state index contributed by atoms with van der Waals surface area (Å²) < 4.78 is 1.49. The number of thiazole rings is 1. The van der Waals surface area contributed by atoms with Crippen molar-refractivity contribution in [2.24, 2.45) is 0 Å². The van der Waals surface area contributed by atoms with Gasteiger partial charge in [-0.25, -0.2) is 0 Å². The molecular weight excluding hydrogens is 441 g/mol. The summed E-state index contributed by atoms with van der Waals surface area (Å²) in [6, 6.07) is 12.1. The summed E-state index contributed by atoms with van der Waals surface area (Å²) in [6.45, 7) is 0. The van der Waals surface area contributed by atoms with Crippen LogP contribution in [0.5, 0.6) is 0 Å². The number of hydrogen-bond donors (Lipinski definition) is 0. The average Bonchev–Trinajstić information content (AvgIpc) is 2.94. The summed E-state index contributed by atoms with van der Waals surface area (Å²) >= 11 is 19.3. The summed E-state index contributed by atoms with van der Waals surface area (Å²) in [7, 11) is 0. The van der Waals surface area contributed by atoms with Crippen molar-refractivity contribution in [2.75, 3.05) is 0 Å². The second kappa shape index (κ2) is 7.64. The third-order valence-electron chi connectivity index (χ3n) is 4.02. The summed E-state index contributed by atoms with van der Waals surface area (Å²) in [4.78, 5) is 29.3. The lowest BCUT2D eigenvalue weighted by molar-refractivity contribution is 0.811. The van der Waals surface area contributed by atoms with Crippen molar-refractivity contribution in [3.05, 3.63) is 99.6 Å². The van der Waals surface area contributed by atoms with Crippen molar-refractivity contribution in [3.63, 3.8) is 0 Å². The van der Waals surface area contributed by atoms with Gasteiger partial charge in [0.25, 0.3) is 11.1 Å². The molecule has 0 atom stereocenters. The van der Waals surface area contributed by atoms with Crippen LogP contribution in [0.4, 0.5) is 0 Å². The molecule has 0 spiro atoms. The van der Waals surface area contributed by atoms with Crippen molar-refractivity contribution < 1.29 is 0 Å². The Balaban J connectivity index is 1.84. The van der Waals surface area contributed by atoms with Crippen LogP contribution < -0.4 is 15.7 Å². The average molecular weight is 451 g/mol. The minimum absolute atomic E-state index is 0.150. The topological polar surface area (TPSA) is 64.3 Å². The molecule has 0 aliphatic carbocycles. The molecule has 0 fully saturated rings. The fourth-order valence-corrected chi connectivity index (χ4v) is 4.19. The molecule has 4 rings (SSSR count). The van der Waals surface area contributed by atoms with E-state index in [1.165, 1.54) is 0 Å². The van der Waals surface area contributed by atoms with E-state index in [-0.39, 0.29) is 22.6 Å². The number of fused-ring (bicyclic) bond motifs is 1. The van der Waals surface area contributed by atoms with Gasteiger partial charge in [0.05, 0.1) is 4.53 Å². The Kier molecular flexibility index (Phi) is 5.21. The molecule has 0 amide bonds. The normalized spacial score (nSPS) is 12.0. The highest BCUT2D eigenvalue weighted by molar-refractivity contribution is 7.15. The number of halogens is 3. The van der Waals surface area contributed by atoms with E-state index in [0.717, 1.165) is 21.4 Å². The molecule has 140 valence electrons. The lowest BCUT2D eigenvalue weighted by Crippen LogP contribution is -2.28. The van der Waals surface area contributed by atoms with Gasteiger partial charge in [-0.15, -0.1) is 0 Å². The van der Waals surface area contributed by atoms with Gasteiger partial charge >= 0.3 is 0 Å². The summed E-state index contributed by atoms with van der Waals surface area (Å²) in [5.74, 6) is 0. The van der Waals surface area contributed by atoms with Crippen molar-refractivity contribution >= 4 is 57.2 Å². The molecule has 0 N–H and O–H groups in total. The second-order valence-electron chi connectivity index (χ2n) is 5.91. The van der Waals surface area contributed by atoms with Gasteiger partial charge in [-0.3, -0.25) is 9.59 Å². The fraction of sp³-hybridized carbons (Fsp3) is 0.0526. The van der Waals surface area contributed by atoms with Crippen LogP contribution in [0.1, 0.15) is 16.8 Å². The van der Waals surface area contributed by atoms with Gasteiger partial charge in [-0.1, -0.05) is 70.4 Å². The van der Waals surface area contributed by atoms with Gasteiger partial charge in [-0.2, -0.15) is 14.6 Å². The van der Waals surface area contributed by atoms with Crippen LogP contribution in [0.3, 0.4) is 0 Å². The zero-order valence-electron chi connectivity index (χ0n) is 14.0. The highest BCUT2D eigenvalue weighted by atomic mass is 35.5. The zero-order valence-corrected chi connectivity index (χ0v) is 17.1. The van der Waals surface area contributed by atoms with Gasteiger partial charge in [0.2, 0.25) is 4.96 Å². The van der Waals surface area contributed by atoms with E-state index < -0.39 is 5.56 Å². The van der Waals surface area contributed by atoms with E-state index in [9.17, 15) is 9.59 Å². The lowest BCUT2D eigenvalue weighted by atomic mass is 10.1. The highest BCUT2D eigenvalue weighted by Crippen LogP contribution is 2.21. The Labute approximate surface area is 177 Å². The highest BCUT2D eigenvalue weighted by Gasteiger charge is 2.13. The van der Waals surface area contributed by atoms with Crippen LogP contribution in [0.15, 0.2) is 52.1 Å². The van der Waals surface area contributed by atoms with E-state index in [1.54, 1.807) is 42.5 Å². The molecular formula is C19H10Cl3N3O2S. The third kappa shape index (κ3) is 3.69. The minimum atomic E-state index is -0.489. The van der Waals surface area contributed by atoms with E-state index in [4.69, 9.17) is 34.8 Å². The van der Waals surface area contributed by atoms with Gasteiger partial charge < -0.3 is 0 Å². The number of nitrogens with zero attached hydrogens (tertiary/aromatic N) is 3. The van der Waals surface area contributed by atoms with Gasteiger partial charge in [0.15, 0.2) is 0 Å². The molecule has 0 saturated carbocycles. The Bertz CT molecular complexity index is 1380. The van der Waals surface area contributed by atoms with Crippen LogP contribution in [0, 0.1) is 0 Å². The van der Waals surface area contributed by atoms with Gasteiger partial charge in [0.1, 0.15) is 5.69 Å². The van der Waals surface area contributed by atoms with Crippen molar-refractivity contribution in [2.45, 2.75) is 6.42 Å². The molecule has 2 heterocycles. The molecule has 4 aromatic rings. The minimum Gasteiger partial charge on any atom is -0.266 e. The maximum atomic E-state index is 12.7. The number of benzene rings is 2. The van der Waals surface area contributed by atoms with Crippen LogP contribution >= 0.6 is 46.1 Å². The monoisotopic (exact) mass is 449 g/mol. The molecule has 9 heteroatoms. The number of aromatic nitrogens is 3. The molecule has 0 bridgehead atoms. The summed E-state index contributed by atoms with van der Waals surface area (Å²) in [5, 5.41) is 5.65. The zero-order chi connectivity index (χ0) is 19.8. The Morgan fingerprint density at radius 3 is 2.57 bits per heavy atom. The quantitative estimate of drug-likeness (QED) is 0.478. The second-order valence-corrected chi connectivity index (χ2v) is 8.17. The van der Waals surface area contributed by atoms with Crippen molar-refractivity contribution in [1.29, 1.82) is 0 Å². The van der Waals surface area contributed by atoms with E-state index in [1.807, 2.05) is 6.07 Å². The first-order chi connectivity index (χ1) is 13.4. The smallest absolute Gasteiger partial charge is 0.266 e. The third-order valence-corrected chi connectivity index (χ3v) is 5.91. The first-order valence-corrected chi connectivity index (χ1v) is 10.0. The van der Waals surface area contributed by atoms with Crippen molar-refractivity contribution in [1.82, 2.24) is 14.6 Å². The Morgan fingerprint density at radius 2 is 1.82 bits per heavy atom. The predicted molar refractivity (Wildman–Crippen MR) is 113 cm³/mol. The van der Waals surface area contributed by atoms with Crippen LogP contribution in [-0.2, 0) is 6.42 Å². The molecule has 5 nitrogen and oxygen atoms in total. The molecule has 0 unspecified atom stereocenters. The van der Waals surface area contributed by atoms with Crippen LogP contribution in [0.25, 0.3) is 11.0 Å². The largest absolute Gasteiger partial charge is 0.296 e. The van der Waals surface area contributed by atoms with Gasteiger partial charge in [-0.05, 0) is 35.4 Å². The molecule has 0 aliphatic heterocycles. The molecule has 2 aromatic heterocycles. The molecule has 2 aromatic carbocycles. The van der Waals surface area contributed by atoms with E-state index >= 15 is 0 Å². The summed E-state index contributed by atoms with van der Waals surface area (Å²) in [6.07, 6.45) is 1.81. The van der Waals surface area contributed by atoms with E-state index in [2.05, 4.69) is 10.1 Å². The predicted octanol–water partition coefficient (Wildman–Crippen LogP) is 3.61. The Hall–Kier alpha value is -2.25.